The first-order chi connectivity index (χ1) is 21.1. The molecule has 2 bridgehead atoms. The van der Waals surface area contributed by atoms with Crippen molar-refractivity contribution in [2.45, 2.75) is 57.7 Å². The maximum absolute atomic E-state index is 11.4. The van der Waals surface area contributed by atoms with Crippen LogP contribution in [0.5, 0.6) is 0 Å². The van der Waals surface area contributed by atoms with Crippen LogP contribution in [0.15, 0.2) is 16.7 Å². The molecule has 1 aromatic heterocycles. The molecule has 210 valence electrons. The minimum Gasteiger partial charge on any atom is -0.469 e. The van der Waals surface area contributed by atoms with E-state index in [2.05, 4.69) is 130 Å². The summed E-state index contributed by atoms with van der Waals surface area (Å²) in [5.74, 6) is 47.9. The van der Waals surface area contributed by atoms with Crippen molar-refractivity contribution in [2.75, 3.05) is 13.7 Å². The molecule has 0 amide bonds. The summed E-state index contributed by atoms with van der Waals surface area (Å²) < 4.78 is 12.0. The molecule has 1 aliphatic heterocycles. The van der Waals surface area contributed by atoms with Gasteiger partial charge >= 0.3 is 0 Å². The van der Waals surface area contributed by atoms with Crippen molar-refractivity contribution in [1.82, 2.24) is 0 Å². The van der Waals surface area contributed by atoms with Crippen molar-refractivity contribution in [3.8, 4) is 107 Å². The quantitative estimate of drug-likeness (QED) is 0.321. The third kappa shape index (κ3) is 6.13. The Morgan fingerprint density at radius 2 is 1.47 bits per heavy atom. The Kier molecular flexibility index (Phi) is 9.45. The molecule has 1 N–H and O–H groups in total. The second kappa shape index (κ2) is 13.8. The van der Waals surface area contributed by atoms with Gasteiger partial charge in [0, 0.05) is 59.2 Å². The number of fused-ring (bicyclic) bond motifs is 2. The number of hydrogen-bond acceptors (Lipinski definition) is 5. The molecule has 5 heteroatoms. The van der Waals surface area contributed by atoms with Crippen LogP contribution in [0.25, 0.3) is 0 Å². The first kappa shape index (κ1) is 29.5. The lowest BCUT2D eigenvalue weighted by atomic mass is 9.41. The first-order valence-corrected chi connectivity index (χ1v) is 14.2. The summed E-state index contributed by atoms with van der Waals surface area (Å²) in [6, 6.07) is 2.12. The van der Waals surface area contributed by atoms with Gasteiger partial charge in [0.05, 0.1) is 25.4 Å². The molecule has 1 aromatic rings. The fourth-order valence-electron chi connectivity index (χ4n) is 7.71. The zero-order valence-corrected chi connectivity index (χ0v) is 24.1. The van der Waals surface area contributed by atoms with Crippen LogP contribution in [-0.4, -0.2) is 25.1 Å². The third-order valence-electron chi connectivity index (χ3n) is 9.25. The van der Waals surface area contributed by atoms with E-state index in [0.29, 0.717) is 24.4 Å². The van der Waals surface area contributed by atoms with Gasteiger partial charge in [0.1, 0.15) is 5.76 Å². The van der Waals surface area contributed by atoms with Crippen LogP contribution in [0.1, 0.15) is 56.3 Å². The van der Waals surface area contributed by atoms with Crippen molar-refractivity contribution < 1.29 is 24.0 Å². The van der Waals surface area contributed by atoms with Crippen molar-refractivity contribution >= 4 is 0 Å². The highest BCUT2D eigenvalue weighted by atomic mass is 17.2. The average Bonchev–Trinajstić information content (AvgIpc) is 3.50. The van der Waals surface area contributed by atoms with Gasteiger partial charge in [-0.15, -0.1) is 0 Å². The number of furan rings is 1. The van der Waals surface area contributed by atoms with Crippen LogP contribution in [0, 0.1) is 135 Å². The topological polar surface area (TPSA) is 61.1 Å². The maximum Gasteiger partial charge on any atom is 0.171 e. The molecule has 1 saturated heterocycles. The van der Waals surface area contributed by atoms with Gasteiger partial charge in [-0.3, -0.25) is 4.89 Å². The van der Waals surface area contributed by atoms with Gasteiger partial charge in [-0.1, -0.05) is 19.3 Å². The van der Waals surface area contributed by atoms with Crippen molar-refractivity contribution in [2.24, 2.45) is 28.6 Å². The highest BCUT2D eigenvalue weighted by molar-refractivity contribution is 5.46. The normalized spacial score (nSPS) is 29.7. The summed E-state index contributed by atoms with van der Waals surface area (Å²) in [4.78, 5) is 8.61. The largest absolute Gasteiger partial charge is 0.469 e. The van der Waals surface area contributed by atoms with Gasteiger partial charge in [-0.2, -0.15) is 4.89 Å². The van der Waals surface area contributed by atoms with Gasteiger partial charge in [-0.05, 0) is 108 Å². The standard InChI is InChI=1S/C38H28O5/c1-30-31-20-21-35-37(24-19-25-38(35,36(39)42-29-37)33(31)28-34-32(30)22-27-41-34)23-17-15-13-11-9-7-5-3-4-6-8-10-12-14-16-18-26-43-40-2/h22,27,30-31,33,35-36,39H,19-21,24-25,28-29H2,1-2H3. The van der Waals surface area contributed by atoms with Gasteiger partial charge in [0.2, 0.25) is 0 Å². The molecule has 7 unspecified atom stereocenters. The van der Waals surface area contributed by atoms with Crippen molar-refractivity contribution in [1.29, 1.82) is 0 Å². The van der Waals surface area contributed by atoms with Crippen LogP contribution < -0.4 is 0 Å². The summed E-state index contributed by atoms with van der Waals surface area (Å²) in [6.07, 6.45) is 9.20. The number of hydrogen-bond donors (Lipinski definition) is 1. The highest BCUT2D eigenvalue weighted by Crippen LogP contribution is 2.68. The summed E-state index contributed by atoms with van der Waals surface area (Å²) >= 11 is 0. The number of aliphatic hydroxyl groups excluding tert-OH is 1. The predicted octanol–water partition coefficient (Wildman–Crippen LogP) is 3.65. The Bertz CT molecular complexity index is 1830. The zero-order valence-electron chi connectivity index (χ0n) is 24.1. The fourth-order valence-corrected chi connectivity index (χ4v) is 7.71. The second-order valence-corrected chi connectivity index (χ2v) is 11.0. The van der Waals surface area contributed by atoms with E-state index >= 15 is 0 Å². The van der Waals surface area contributed by atoms with E-state index in [0.717, 1.165) is 44.3 Å². The molecule has 2 heterocycles. The van der Waals surface area contributed by atoms with E-state index < -0.39 is 6.29 Å². The third-order valence-corrected chi connectivity index (χ3v) is 9.25. The minimum absolute atomic E-state index is 0.268. The first-order valence-electron chi connectivity index (χ1n) is 14.2. The Hall–Kier alpha value is -5.00. The van der Waals surface area contributed by atoms with Gasteiger partial charge < -0.3 is 14.3 Å². The SMILES string of the molecule is COOC#CC#CC#CC#CC#CC#CC#CC#CC#CC12CCCC3(C(O)OC1)C1Cc4occc4C(C)C1CCC23. The monoisotopic (exact) mass is 564 g/mol. The molecule has 5 rings (SSSR count). The molecule has 0 aromatic carbocycles. The predicted molar refractivity (Wildman–Crippen MR) is 159 cm³/mol. The average molecular weight is 565 g/mol. The van der Waals surface area contributed by atoms with Crippen LogP contribution in [0.4, 0.5) is 0 Å². The lowest BCUT2D eigenvalue weighted by Gasteiger charge is -2.65. The van der Waals surface area contributed by atoms with Crippen LogP contribution >= 0.6 is 0 Å². The van der Waals surface area contributed by atoms with Gasteiger partial charge in [-0.25, -0.2) is 0 Å². The molecule has 43 heavy (non-hydrogen) atoms. The molecule has 5 nitrogen and oxygen atoms in total. The zero-order chi connectivity index (χ0) is 30.0. The molecule has 3 aliphatic carbocycles. The van der Waals surface area contributed by atoms with Crippen LogP contribution in [0.2, 0.25) is 0 Å². The second-order valence-electron chi connectivity index (χ2n) is 11.0. The molecular formula is C38H28O5. The maximum atomic E-state index is 11.4. The Labute approximate surface area is 254 Å². The van der Waals surface area contributed by atoms with Gasteiger partial charge in [0.25, 0.3) is 0 Å². The minimum atomic E-state index is -0.774. The van der Waals surface area contributed by atoms with Crippen molar-refractivity contribution in [3.05, 3.63) is 23.7 Å². The van der Waals surface area contributed by atoms with E-state index in [1.54, 1.807) is 0 Å². The number of rotatable bonds is 1. The smallest absolute Gasteiger partial charge is 0.171 e. The summed E-state index contributed by atoms with van der Waals surface area (Å²) in [5.41, 5.74) is 0.713. The molecule has 0 radical (unpaired) electrons. The lowest BCUT2D eigenvalue weighted by molar-refractivity contribution is -0.311. The van der Waals surface area contributed by atoms with E-state index in [1.165, 1.54) is 12.7 Å². The van der Waals surface area contributed by atoms with E-state index in [-0.39, 0.29) is 16.7 Å². The summed E-state index contributed by atoms with van der Waals surface area (Å²) in [6.45, 7) is 2.75. The molecule has 3 fully saturated rings. The molecule has 7 atom stereocenters. The summed E-state index contributed by atoms with van der Waals surface area (Å²) in [5, 5.41) is 11.4. The van der Waals surface area contributed by atoms with E-state index in [1.807, 2.05) is 6.26 Å². The van der Waals surface area contributed by atoms with E-state index in [9.17, 15) is 5.11 Å². The Morgan fingerprint density at radius 3 is 2.12 bits per heavy atom. The van der Waals surface area contributed by atoms with Crippen LogP contribution in [0.3, 0.4) is 0 Å². The highest BCUT2D eigenvalue weighted by Gasteiger charge is 2.67. The molecule has 2 saturated carbocycles. The Morgan fingerprint density at radius 1 is 0.837 bits per heavy atom. The number of aliphatic hydroxyl groups is 1. The Balaban J connectivity index is 1.22. The molecule has 4 aliphatic rings. The van der Waals surface area contributed by atoms with Crippen LogP contribution in [-0.2, 0) is 20.9 Å². The fraction of sp³-hybridized carbons (Fsp3) is 0.421. The lowest BCUT2D eigenvalue weighted by Crippen LogP contribution is -2.66. The molecular weight excluding hydrogens is 536 g/mol. The summed E-state index contributed by atoms with van der Waals surface area (Å²) in [7, 11) is 1.34. The van der Waals surface area contributed by atoms with E-state index in [4.69, 9.17) is 9.15 Å². The van der Waals surface area contributed by atoms with Crippen molar-refractivity contribution in [3.63, 3.8) is 0 Å². The molecule has 0 spiro atoms. The number of ether oxygens (including phenoxy) is 1. The van der Waals surface area contributed by atoms with Gasteiger partial charge in [0.15, 0.2) is 12.4 Å².